The molecule has 2 fully saturated rings. The summed E-state index contributed by atoms with van der Waals surface area (Å²) >= 11 is 0. The highest BCUT2D eigenvalue weighted by Crippen LogP contribution is 2.41. The van der Waals surface area contributed by atoms with Crippen LogP contribution in [-0.4, -0.2) is 32.6 Å². The van der Waals surface area contributed by atoms with Gasteiger partial charge in [-0.3, -0.25) is 15.0 Å². The van der Waals surface area contributed by atoms with Gasteiger partial charge in [-0.1, -0.05) is 6.07 Å². The van der Waals surface area contributed by atoms with Crippen molar-refractivity contribution in [3.8, 4) is 0 Å². The molecule has 8 nitrogen and oxygen atoms in total. The fourth-order valence-corrected chi connectivity index (χ4v) is 5.69. The highest BCUT2D eigenvalue weighted by atomic mass is 19.2. The van der Waals surface area contributed by atoms with Gasteiger partial charge >= 0.3 is 0 Å². The maximum atomic E-state index is 13.6. The Morgan fingerprint density at radius 3 is 2.86 bits per heavy atom. The first-order valence-corrected chi connectivity index (χ1v) is 12.4. The monoisotopic (exact) mass is 504 g/mol. The van der Waals surface area contributed by atoms with Crippen LogP contribution in [0.1, 0.15) is 46.7 Å². The summed E-state index contributed by atoms with van der Waals surface area (Å²) in [6.07, 6.45) is 7.82. The molecule has 1 aliphatic heterocycles. The van der Waals surface area contributed by atoms with Gasteiger partial charge in [0.2, 0.25) is 0 Å². The number of hydrogen-bond donors (Lipinski definition) is 4. The van der Waals surface area contributed by atoms with Crippen molar-refractivity contribution >= 4 is 16.9 Å². The first-order valence-electron chi connectivity index (χ1n) is 12.4. The fraction of sp³-hybridized carbons (Fsp3) is 0.296. The Morgan fingerprint density at radius 1 is 1.11 bits per heavy atom. The Kier molecular flexibility index (Phi) is 6.05. The topological polar surface area (TPSA) is 104 Å². The molecule has 4 heterocycles. The molecule has 6 rings (SSSR count). The number of aromatic nitrogens is 3. The van der Waals surface area contributed by atoms with E-state index in [1.165, 1.54) is 28.5 Å². The largest absolute Gasteiger partial charge is 0.346 e. The summed E-state index contributed by atoms with van der Waals surface area (Å²) in [6, 6.07) is 10.8. The molecule has 10 heteroatoms. The standard InChI is InChI=1S/C27H26F2N6O2/c28-21-7-5-15(11-22(21)29)14-35-10-2-4-18(27(35)37)26(36)32-25-19-12-16(6-8-23(19)33-34-25)20-13-31-24-17(20)3-1-9-30-24/h1-5,7,9-11,13,16,19,23,25,33-34H,6,8,12,14H2,(H,30,31)(H,32,36). The van der Waals surface area contributed by atoms with Crippen molar-refractivity contribution in [1.82, 2.24) is 30.7 Å². The fourth-order valence-electron chi connectivity index (χ4n) is 5.69. The second-order valence-electron chi connectivity index (χ2n) is 9.77. The number of H-pyrrole nitrogens is 1. The minimum atomic E-state index is -0.983. The Labute approximate surface area is 211 Å². The summed E-state index contributed by atoms with van der Waals surface area (Å²) in [5, 5.41) is 4.11. The normalized spacial score (nSPS) is 23.2. The SMILES string of the molecule is O=C(NC1NNC2CCC(c3c[nH]c4ncccc34)CC21)c1cccn(Cc2ccc(F)c(F)c2)c1=O. The summed E-state index contributed by atoms with van der Waals surface area (Å²) in [7, 11) is 0. The molecule has 1 aromatic carbocycles. The van der Waals surface area contributed by atoms with Crippen LogP contribution in [0.2, 0.25) is 0 Å². The van der Waals surface area contributed by atoms with Crippen molar-refractivity contribution < 1.29 is 13.6 Å². The van der Waals surface area contributed by atoms with Gasteiger partial charge in [0.1, 0.15) is 11.2 Å². The molecular formula is C27H26F2N6O2. The third-order valence-corrected chi connectivity index (χ3v) is 7.56. The van der Waals surface area contributed by atoms with Crippen LogP contribution >= 0.6 is 0 Å². The predicted molar refractivity (Wildman–Crippen MR) is 134 cm³/mol. The number of carbonyl (C=O) groups excluding carboxylic acids is 1. The minimum Gasteiger partial charge on any atom is -0.346 e. The number of nitrogens with zero attached hydrogens (tertiary/aromatic N) is 2. The average Bonchev–Trinajstić information content (AvgIpc) is 3.51. The molecule has 1 aliphatic carbocycles. The van der Waals surface area contributed by atoms with Crippen molar-refractivity contribution in [3.63, 3.8) is 0 Å². The van der Waals surface area contributed by atoms with Gasteiger partial charge < -0.3 is 14.9 Å². The number of aromatic amines is 1. The van der Waals surface area contributed by atoms with Crippen LogP contribution in [0.4, 0.5) is 8.78 Å². The quantitative estimate of drug-likeness (QED) is 0.334. The molecule has 4 N–H and O–H groups in total. The van der Waals surface area contributed by atoms with Gasteiger partial charge in [0, 0.05) is 35.9 Å². The van der Waals surface area contributed by atoms with E-state index >= 15 is 0 Å². The smallest absolute Gasteiger partial charge is 0.263 e. The van der Waals surface area contributed by atoms with Crippen LogP contribution in [0.3, 0.4) is 0 Å². The van der Waals surface area contributed by atoms with E-state index in [1.54, 1.807) is 12.3 Å². The summed E-state index contributed by atoms with van der Waals surface area (Å²) in [5.74, 6) is -1.96. The van der Waals surface area contributed by atoms with E-state index in [2.05, 4.69) is 32.2 Å². The number of halogens is 2. The van der Waals surface area contributed by atoms with E-state index in [-0.39, 0.29) is 30.2 Å². The number of amides is 1. The lowest BCUT2D eigenvalue weighted by Crippen LogP contribution is -2.48. The van der Waals surface area contributed by atoms with E-state index < -0.39 is 23.1 Å². The zero-order valence-corrected chi connectivity index (χ0v) is 19.9. The van der Waals surface area contributed by atoms with Crippen molar-refractivity contribution in [2.45, 2.75) is 43.9 Å². The molecule has 2 aliphatic rings. The van der Waals surface area contributed by atoms with E-state index in [4.69, 9.17) is 0 Å². The van der Waals surface area contributed by atoms with Gasteiger partial charge in [-0.25, -0.2) is 19.2 Å². The van der Waals surface area contributed by atoms with Crippen LogP contribution in [0.5, 0.6) is 0 Å². The first kappa shape index (κ1) is 23.5. The van der Waals surface area contributed by atoms with E-state index in [0.717, 1.165) is 42.4 Å². The third-order valence-electron chi connectivity index (χ3n) is 7.56. The van der Waals surface area contributed by atoms with Crippen molar-refractivity contribution in [3.05, 3.63) is 99.7 Å². The molecule has 1 saturated carbocycles. The Bertz CT molecular complexity index is 1530. The van der Waals surface area contributed by atoms with Gasteiger partial charge in [-0.05, 0) is 72.7 Å². The number of benzene rings is 1. The highest BCUT2D eigenvalue weighted by molar-refractivity contribution is 5.94. The molecule has 0 bridgehead atoms. The summed E-state index contributed by atoms with van der Waals surface area (Å²) in [5.41, 5.74) is 8.52. The number of carbonyl (C=O) groups is 1. The van der Waals surface area contributed by atoms with Gasteiger partial charge in [0.05, 0.1) is 12.7 Å². The summed E-state index contributed by atoms with van der Waals surface area (Å²) in [4.78, 5) is 33.9. The number of pyridine rings is 2. The predicted octanol–water partition coefficient (Wildman–Crippen LogP) is 3.17. The van der Waals surface area contributed by atoms with E-state index in [9.17, 15) is 18.4 Å². The lowest BCUT2D eigenvalue weighted by atomic mass is 9.75. The van der Waals surface area contributed by atoms with Gasteiger partial charge in [-0.15, -0.1) is 0 Å². The molecule has 1 saturated heterocycles. The Morgan fingerprint density at radius 2 is 2.00 bits per heavy atom. The molecule has 0 radical (unpaired) electrons. The van der Waals surface area contributed by atoms with Crippen LogP contribution in [-0.2, 0) is 6.54 Å². The van der Waals surface area contributed by atoms with Crippen LogP contribution < -0.4 is 21.7 Å². The summed E-state index contributed by atoms with van der Waals surface area (Å²) in [6.45, 7) is 0.0201. The van der Waals surface area contributed by atoms with Crippen LogP contribution in [0.25, 0.3) is 11.0 Å². The molecule has 3 aromatic heterocycles. The average molecular weight is 505 g/mol. The van der Waals surface area contributed by atoms with Crippen molar-refractivity contribution in [1.29, 1.82) is 0 Å². The zero-order chi connectivity index (χ0) is 25.5. The Balaban J connectivity index is 1.18. The van der Waals surface area contributed by atoms with Crippen LogP contribution in [0, 0.1) is 17.6 Å². The number of nitrogens with one attached hydrogen (secondary N) is 4. The van der Waals surface area contributed by atoms with Crippen LogP contribution in [0.15, 0.2) is 65.8 Å². The van der Waals surface area contributed by atoms with E-state index in [1.807, 2.05) is 12.3 Å². The first-order chi connectivity index (χ1) is 18.0. The minimum absolute atomic E-state index is 0.00889. The maximum absolute atomic E-state index is 13.6. The molecule has 190 valence electrons. The molecule has 4 unspecified atom stereocenters. The molecule has 4 aromatic rings. The van der Waals surface area contributed by atoms with Gasteiger partial charge in [0.15, 0.2) is 11.6 Å². The van der Waals surface area contributed by atoms with Gasteiger partial charge in [0.25, 0.3) is 11.5 Å². The summed E-state index contributed by atoms with van der Waals surface area (Å²) < 4.78 is 28.2. The number of rotatable bonds is 5. The number of fused-ring (bicyclic) bond motifs is 2. The molecule has 0 spiro atoms. The second-order valence-corrected chi connectivity index (χ2v) is 9.77. The van der Waals surface area contributed by atoms with Gasteiger partial charge in [-0.2, -0.15) is 0 Å². The maximum Gasteiger partial charge on any atom is 0.263 e. The number of hydrogen-bond acceptors (Lipinski definition) is 5. The number of hydrazine groups is 1. The zero-order valence-electron chi connectivity index (χ0n) is 19.9. The second kappa shape index (κ2) is 9.53. The molecule has 37 heavy (non-hydrogen) atoms. The highest BCUT2D eigenvalue weighted by Gasteiger charge is 2.42. The molecule has 4 atom stereocenters. The molecular weight excluding hydrogens is 478 g/mol. The Hall–Kier alpha value is -3.89. The lowest BCUT2D eigenvalue weighted by Gasteiger charge is -2.33. The van der Waals surface area contributed by atoms with Crippen molar-refractivity contribution in [2.24, 2.45) is 5.92 Å². The lowest BCUT2D eigenvalue weighted by molar-refractivity contribution is 0.0912. The third kappa shape index (κ3) is 4.42. The molecule has 1 amide bonds. The van der Waals surface area contributed by atoms with E-state index in [0.29, 0.717) is 11.5 Å². The van der Waals surface area contributed by atoms with Crippen molar-refractivity contribution in [2.75, 3.05) is 0 Å².